The van der Waals surface area contributed by atoms with Crippen molar-refractivity contribution in [2.45, 2.75) is 20.4 Å². The molecular formula is C21H24N6O2. The van der Waals surface area contributed by atoms with Gasteiger partial charge in [0.05, 0.1) is 6.20 Å². The second-order valence-electron chi connectivity index (χ2n) is 6.55. The lowest BCUT2D eigenvalue weighted by Gasteiger charge is -2.21. The number of rotatable bonds is 8. The largest absolute Gasteiger partial charge is 0.454 e. The highest BCUT2D eigenvalue weighted by Gasteiger charge is 2.13. The molecule has 150 valence electrons. The van der Waals surface area contributed by atoms with E-state index in [1.165, 1.54) is 5.69 Å². The number of hydrogen-bond donors (Lipinski definition) is 2. The van der Waals surface area contributed by atoms with Crippen LogP contribution in [0, 0.1) is 0 Å². The molecule has 4 rings (SSSR count). The van der Waals surface area contributed by atoms with Crippen LogP contribution < -0.4 is 25.0 Å². The summed E-state index contributed by atoms with van der Waals surface area (Å²) in [5, 5.41) is 14.6. The zero-order valence-corrected chi connectivity index (χ0v) is 16.6. The van der Waals surface area contributed by atoms with Gasteiger partial charge in [0.25, 0.3) is 0 Å². The Bertz CT molecular complexity index is 960. The molecule has 2 N–H and O–H groups in total. The summed E-state index contributed by atoms with van der Waals surface area (Å²) in [6.07, 6.45) is 1.60. The maximum Gasteiger partial charge on any atom is 0.249 e. The van der Waals surface area contributed by atoms with Gasteiger partial charge in [-0.05, 0) is 55.8 Å². The van der Waals surface area contributed by atoms with Crippen LogP contribution in [-0.2, 0) is 6.54 Å². The topological polar surface area (TPSA) is 84.4 Å². The molecule has 0 saturated heterocycles. The van der Waals surface area contributed by atoms with Crippen LogP contribution in [-0.4, -0.2) is 35.1 Å². The van der Waals surface area contributed by atoms with Crippen molar-refractivity contribution in [1.82, 2.24) is 15.2 Å². The van der Waals surface area contributed by atoms with E-state index in [1.807, 2.05) is 30.3 Å². The molecule has 8 heteroatoms. The molecule has 3 aromatic rings. The fourth-order valence-electron chi connectivity index (χ4n) is 3.16. The number of aromatic nitrogens is 3. The Morgan fingerprint density at radius 3 is 2.59 bits per heavy atom. The summed E-state index contributed by atoms with van der Waals surface area (Å²) in [5.41, 5.74) is 3.17. The third kappa shape index (κ3) is 4.48. The van der Waals surface area contributed by atoms with Crippen LogP contribution in [0.4, 0.5) is 23.1 Å². The van der Waals surface area contributed by atoms with Crippen molar-refractivity contribution in [1.29, 1.82) is 0 Å². The Morgan fingerprint density at radius 2 is 1.79 bits per heavy atom. The highest BCUT2D eigenvalue weighted by molar-refractivity contribution is 5.59. The van der Waals surface area contributed by atoms with E-state index < -0.39 is 0 Å². The number of benzene rings is 2. The smallest absolute Gasteiger partial charge is 0.249 e. The molecule has 1 aromatic heterocycles. The molecule has 2 heterocycles. The van der Waals surface area contributed by atoms with Crippen molar-refractivity contribution in [2.24, 2.45) is 0 Å². The molecule has 0 spiro atoms. The zero-order valence-electron chi connectivity index (χ0n) is 16.6. The third-order valence-electron chi connectivity index (χ3n) is 4.72. The molecule has 1 aliphatic heterocycles. The minimum absolute atomic E-state index is 0.271. The molecule has 0 radical (unpaired) electrons. The van der Waals surface area contributed by atoms with Crippen molar-refractivity contribution in [3.05, 3.63) is 54.2 Å². The molecule has 2 aromatic carbocycles. The molecule has 0 fully saturated rings. The van der Waals surface area contributed by atoms with E-state index in [0.29, 0.717) is 18.3 Å². The minimum atomic E-state index is 0.271. The Kier molecular flexibility index (Phi) is 5.60. The summed E-state index contributed by atoms with van der Waals surface area (Å²) in [6, 6.07) is 14.1. The number of ether oxygens (including phenoxy) is 2. The van der Waals surface area contributed by atoms with Crippen LogP contribution in [0.15, 0.2) is 48.7 Å². The first-order chi connectivity index (χ1) is 14.2. The van der Waals surface area contributed by atoms with E-state index in [4.69, 9.17) is 9.47 Å². The summed E-state index contributed by atoms with van der Waals surface area (Å²) in [6.45, 7) is 7.12. The number of nitrogens with one attached hydrogen (secondary N) is 2. The number of fused-ring (bicyclic) bond motifs is 1. The Balaban J connectivity index is 1.38. The van der Waals surface area contributed by atoms with E-state index in [1.54, 1.807) is 6.20 Å². The second kappa shape index (κ2) is 8.64. The van der Waals surface area contributed by atoms with E-state index >= 15 is 0 Å². The SMILES string of the molecule is CCN(CC)c1ccc(Nc2nncc(NCc3ccc4c(c3)OCO4)n2)cc1. The predicted molar refractivity (Wildman–Crippen MR) is 113 cm³/mol. The van der Waals surface area contributed by atoms with Crippen molar-refractivity contribution in [3.63, 3.8) is 0 Å². The van der Waals surface area contributed by atoms with Gasteiger partial charge in [0.1, 0.15) is 0 Å². The molecule has 29 heavy (non-hydrogen) atoms. The quantitative estimate of drug-likeness (QED) is 0.599. The van der Waals surface area contributed by atoms with Crippen LogP contribution in [0.5, 0.6) is 11.5 Å². The lowest BCUT2D eigenvalue weighted by Crippen LogP contribution is -2.21. The van der Waals surface area contributed by atoms with E-state index in [0.717, 1.165) is 35.8 Å². The predicted octanol–water partition coefficient (Wildman–Crippen LogP) is 3.80. The molecule has 1 aliphatic rings. The lowest BCUT2D eigenvalue weighted by atomic mass is 10.2. The van der Waals surface area contributed by atoms with Gasteiger partial charge in [-0.15, -0.1) is 5.10 Å². The first kappa shape index (κ1) is 18.8. The molecule has 0 unspecified atom stereocenters. The molecular weight excluding hydrogens is 368 g/mol. The Hall–Kier alpha value is -3.55. The molecule has 0 amide bonds. The summed E-state index contributed by atoms with van der Waals surface area (Å²) in [5.74, 6) is 2.62. The van der Waals surface area contributed by atoms with Gasteiger partial charge in [-0.25, -0.2) is 0 Å². The average molecular weight is 392 g/mol. The van der Waals surface area contributed by atoms with Crippen LogP contribution >= 0.6 is 0 Å². The van der Waals surface area contributed by atoms with Gasteiger partial charge in [-0.1, -0.05) is 6.07 Å². The van der Waals surface area contributed by atoms with Crippen molar-refractivity contribution < 1.29 is 9.47 Å². The van der Waals surface area contributed by atoms with Crippen LogP contribution in [0.2, 0.25) is 0 Å². The maximum absolute atomic E-state index is 5.41. The van der Waals surface area contributed by atoms with Gasteiger partial charge in [0.2, 0.25) is 12.7 Å². The lowest BCUT2D eigenvalue weighted by molar-refractivity contribution is 0.174. The maximum atomic E-state index is 5.41. The molecule has 0 atom stereocenters. The van der Waals surface area contributed by atoms with Crippen LogP contribution in [0.25, 0.3) is 0 Å². The standard InChI is InChI=1S/C21H24N6O2/c1-3-27(4-2)17-8-6-16(7-9-17)24-21-25-20(13-23-26-21)22-12-15-5-10-18-19(11-15)29-14-28-18/h5-11,13H,3-4,12,14H2,1-2H3,(H2,22,24,25,26). The normalized spacial score (nSPS) is 11.9. The van der Waals surface area contributed by atoms with Crippen LogP contribution in [0.1, 0.15) is 19.4 Å². The van der Waals surface area contributed by atoms with Gasteiger partial charge in [-0.2, -0.15) is 10.1 Å². The zero-order chi connectivity index (χ0) is 20.1. The highest BCUT2D eigenvalue weighted by atomic mass is 16.7. The van der Waals surface area contributed by atoms with Gasteiger partial charge in [-0.3, -0.25) is 0 Å². The monoisotopic (exact) mass is 392 g/mol. The average Bonchev–Trinajstić information content (AvgIpc) is 3.22. The molecule has 8 nitrogen and oxygen atoms in total. The van der Waals surface area contributed by atoms with Crippen molar-refractivity contribution in [2.75, 3.05) is 35.4 Å². The fraction of sp³-hybridized carbons (Fsp3) is 0.286. The first-order valence-electron chi connectivity index (χ1n) is 9.69. The Labute approximate surface area is 169 Å². The van der Waals surface area contributed by atoms with Gasteiger partial charge in [0.15, 0.2) is 17.3 Å². The van der Waals surface area contributed by atoms with Crippen molar-refractivity contribution in [3.8, 4) is 11.5 Å². The fourth-order valence-corrected chi connectivity index (χ4v) is 3.16. The van der Waals surface area contributed by atoms with E-state index in [-0.39, 0.29) is 6.79 Å². The number of anilines is 4. The summed E-state index contributed by atoms with van der Waals surface area (Å²) in [7, 11) is 0. The van der Waals surface area contributed by atoms with E-state index in [2.05, 4.69) is 56.7 Å². The summed E-state index contributed by atoms with van der Waals surface area (Å²) in [4.78, 5) is 6.78. The van der Waals surface area contributed by atoms with Gasteiger partial charge in [0, 0.05) is 31.0 Å². The summed E-state index contributed by atoms with van der Waals surface area (Å²) >= 11 is 0. The number of nitrogens with zero attached hydrogens (tertiary/aromatic N) is 4. The number of hydrogen-bond acceptors (Lipinski definition) is 8. The summed E-state index contributed by atoms with van der Waals surface area (Å²) < 4.78 is 10.8. The molecule has 0 saturated carbocycles. The Morgan fingerprint density at radius 1 is 1.00 bits per heavy atom. The van der Waals surface area contributed by atoms with Crippen LogP contribution in [0.3, 0.4) is 0 Å². The molecule has 0 bridgehead atoms. The van der Waals surface area contributed by atoms with Gasteiger partial charge >= 0.3 is 0 Å². The highest BCUT2D eigenvalue weighted by Crippen LogP contribution is 2.32. The first-order valence-corrected chi connectivity index (χ1v) is 9.69. The third-order valence-corrected chi connectivity index (χ3v) is 4.72. The van der Waals surface area contributed by atoms with Crippen molar-refractivity contribution >= 4 is 23.1 Å². The molecule has 0 aliphatic carbocycles. The van der Waals surface area contributed by atoms with Gasteiger partial charge < -0.3 is 25.0 Å². The van der Waals surface area contributed by atoms with E-state index in [9.17, 15) is 0 Å². The minimum Gasteiger partial charge on any atom is -0.454 e. The second-order valence-corrected chi connectivity index (χ2v) is 6.55.